The first kappa shape index (κ1) is 18.5. The fraction of sp³-hybridized carbons (Fsp3) is 0.250. The first-order valence-electron chi connectivity index (χ1n) is 8.18. The van der Waals surface area contributed by atoms with Crippen LogP contribution in [0.2, 0.25) is 0 Å². The van der Waals surface area contributed by atoms with Gasteiger partial charge in [0.2, 0.25) is 5.91 Å². The second kappa shape index (κ2) is 8.87. The van der Waals surface area contributed by atoms with Crippen molar-refractivity contribution in [3.63, 3.8) is 0 Å². The summed E-state index contributed by atoms with van der Waals surface area (Å²) in [5.74, 6) is 0.417. The largest absolute Gasteiger partial charge is 0.490 e. The van der Waals surface area contributed by atoms with E-state index in [2.05, 4.69) is 5.32 Å². The number of carbonyl (C=O) groups excluding carboxylic acids is 1. The minimum absolute atomic E-state index is 0.155. The number of rotatable bonds is 7. The van der Waals surface area contributed by atoms with Crippen LogP contribution in [0.25, 0.3) is 6.08 Å². The average molecular weight is 343 g/mol. The normalized spacial score (nSPS) is 10.7. The molecular weight excluding hydrogens is 321 g/mol. The maximum atomic E-state index is 13.8. The second-order valence-electron chi connectivity index (χ2n) is 5.38. The van der Waals surface area contributed by atoms with Crippen LogP contribution in [0.4, 0.5) is 10.1 Å². The topological polar surface area (TPSA) is 47.6 Å². The number of hydrogen-bond donors (Lipinski definition) is 1. The molecule has 0 radical (unpaired) electrons. The predicted octanol–water partition coefficient (Wildman–Crippen LogP) is 4.58. The van der Waals surface area contributed by atoms with E-state index >= 15 is 0 Å². The first-order chi connectivity index (χ1) is 12.0. The molecule has 2 aromatic rings. The van der Waals surface area contributed by atoms with E-state index in [1.807, 2.05) is 19.9 Å². The van der Waals surface area contributed by atoms with Crippen LogP contribution in [0.15, 0.2) is 42.5 Å². The lowest BCUT2D eigenvalue weighted by molar-refractivity contribution is -0.111. The van der Waals surface area contributed by atoms with Crippen LogP contribution >= 0.6 is 0 Å². The van der Waals surface area contributed by atoms with Crippen molar-refractivity contribution in [2.75, 3.05) is 18.5 Å². The standard InChI is InChI=1S/C20H22FNO3/c1-4-24-18-10-7-15(13-19(18)25-5-2)8-11-20(23)22-17-9-6-14(3)12-16(17)21/h6-13H,4-5H2,1-3H3,(H,22,23)/b11-8+. The van der Waals surface area contributed by atoms with Gasteiger partial charge in [0.15, 0.2) is 11.5 Å². The highest BCUT2D eigenvalue weighted by atomic mass is 19.1. The molecule has 1 amide bonds. The molecule has 0 heterocycles. The van der Waals surface area contributed by atoms with Crippen molar-refractivity contribution >= 4 is 17.7 Å². The molecule has 25 heavy (non-hydrogen) atoms. The highest BCUT2D eigenvalue weighted by Crippen LogP contribution is 2.29. The van der Waals surface area contributed by atoms with Crippen LogP contribution in [0, 0.1) is 12.7 Å². The van der Waals surface area contributed by atoms with Crippen molar-refractivity contribution in [3.8, 4) is 11.5 Å². The van der Waals surface area contributed by atoms with E-state index < -0.39 is 11.7 Å². The molecule has 1 N–H and O–H groups in total. The maximum absolute atomic E-state index is 13.8. The molecule has 2 aromatic carbocycles. The van der Waals surface area contributed by atoms with Gasteiger partial charge in [-0.25, -0.2) is 4.39 Å². The molecule has 0 atom stereocenters. The van der Waals surface area contributed by atoms with E-state index in [4.69, 9.17) is 9.47 Å². The van der Waals surface area contributed by atoms with Gasteiger partial charge in [-0.2, -0.15) is 0 Å². The fourth-order valence-corrected chi connectivity index (χ4v) is 2.24. The van der Waals surface area contributed by atoms with Crippen molar-refractivity contribution in [2.45, 2.75) is 20.8 Å². The summed E-state index contributed by atoms with van der Waals surface area (Å²) in [6.45, 7) is 6.64. The third-order valence-electron chi connectivity index (χ3n) is 3.38. The van der Waals surface area contributed by atoms with Crippen molar-refractivity contribution < 1.29 is 18.7 Å². The van der Waals surface area contributed by atoms with Crippen LogP contribution < -0.4 is 14.8 Å². The summed E-state index contributed by atoms with van der Waals surface area (Å²) in [6, 6.07) is 10.1. The summed E-state index contributed by atoms with van der Waals surface area (Å²) in [7, 11) is 0. The van der Waals surface area contributed by atoms with Crippen molar-refractivity contribution in [1.29, 1.82) is 0 Å². The van der Waals surface area contributed by atoms with Crippen molar-refractivity contribution in [1.82, 2.24) is 0 Å². The van der Waals surface area contributed by atoms with E-state index in [0.29, 0.717) is 24.7 Å². The van der Waals surface area contributed by atoms with Gasteiger partial charge in [0.1, 0.15) is 5.82 Å². The van der Waals surface area contributed by atoms with Crippen LogP contribution in [0.5, 0.6) is 11.5 Å². The molecule has 4 nitrogen and oxygen atoms in total. The van der Waals surface area contributed by atoms with E-state index in [1.54, 1.807) is 37.3 Å². The molecule has 0 aliphatic heterocycles. The van der Waals surface area contributed by atoms with E-state index in [9.17, 15) is 9.18 Å². The molecular formula is C20H22FNO3. The minimum Gasteiger partial charge on any atom is -0.490 e. The number of hydrogen-bond acceptors (Lipinski definition) is 3. The number of anilines is 1. The number of carbonyl (C=O) groups is 1. The highest BCUT2D eigenvalue weighted by molar-refractivity contribution is 6.02. The maximum Gasteiger partial charge on any atom is 0.248 e. The summed E-state index contributed by atoms with van der Waals surface area (Å²) in [6.07, 6.45) is 2.99. The quantitative estimate of drug-likeness (QED) is 0.748. The van der Waals surface area contributed by atoms with Crippen LogP contribution in [-0.4, -0.2) is 19.1 Å². The Labute approximate surface area is 147 Å². The summed E-state index contributed by atoms with van der Waals surface area (Å²) in [5.41, 5.74) is 1.73. The molecule has 5 heteroatoms. The Balaban J connectivity index is 2.09. The predicted molar refractivity (Wildman–Crippen MR) is 97.6 cm³/mol. The third kappa shape index (κ3) is 5.35. The first-order valence-corrected chi connectivity index (χ1v) is 8.18. The number of ether oxygens (including phenoxy) is 2. The summed E-state index contributed by atoms with van der Waals surface area (Å²) in [5, 5.41) is 2.52. The second-order valence-corrected chi connectivity index (χ2v) is 5.38. The van der Waals surface area contributed by atoms with Gasteiger partial charge < -0.3 is 14.8 Å². The monoisotopic (exact) mass is 343 g/mol. The Morgan fingerprint density at radius 2 is 1.80 bits per heavy atom. The Bertz CT molecular complexity index is 772. The summed E-state index contributed by atoms with van der Waals surface area (Å²) < 4.78 is 24.8. The van der Waals surface area contributed by atoms with Gasteiger partial charge in [-0.1, -0.05) is 12.1 Å². The number of nitrogens with one attached hydrogen (secondary N) is 1. The molecule has 0 saturated carbocycles. The Morgan fingerprint density at radius 3 is 2.48 bits per heavy atom. The van der Waals surface area contributed by atoms with Crippen LogP contribution in [0.3, 0.4) is 0 Å². The van der Waals surface area contributed by atoms with Crippen LogP contribution in [0.1, 0.15) is 25.0 Å². The molecule has 0 aliphatic rings. The van der Waals surface area contributed by atoms with Gasteiger partial charge in [-0.05, 0) is 62.2 Å². The SMILES string of the molecule is CCOc1ccc(/C=C/C(=O)Nc2ccc(C)cc2F)cc1OCC. The lowest BCUT2D eigenvalue weighted by Gasteiger charge is -2.11. The molecule has 2 rings (SSSR count). The Morgan fingerprint density at radius 1 is 1.08 bits per heavy atom. The highest BCUT2D eigenvalue weighted by Gasteiger charge is 2.06. The van der Waals surface area contributed by atoms with Gasteiger partial charge >= 0.3 is 0 Å². The molecule has 0 fully saturated rings. The van der Waals surface area contributed by atoms with E-state index in [0.717, 1.165) is 11.1 Å². The molecule has 0 spiro atoms. The molecule has 132 valence electrons. The lowest BCUT2D eigenvalue weighted by Crippen LogP contribution is -2.09. The molecule has 0 bridgehead atoms. The van der Waals surface area contributed by atoms with Crippen molar-refractivity contribution in [3.05, 3.63) is 59.4 Å². The van der Waals surface area contributed by atoms with Gasteiger partial charge in [-0.15, -0.1) is 0 Å². The zero-order chi connectivity index (χ0) is 18.2. The Hall–Kier alpha value is -2.82. The van der Waals surface area contributed by atoms with E-state index in [1.165, 1.54) is 12.1 Å². The van der Waals surface area contributed by atoms with Gasteiger partial charge in [0, 0.05) is 6.08 Å². The lowest BCUT2D eigenvalue weighted by atomic mass is 10.2. The smallest absolute Gasteiger partial charge is 0.248 e. The number of amides is 1. The zero-order valence-electron chi connectivity index (χ0n) is 14.6. The fourth-order valence-electron chi connectivity index (χ4n) is 2.24. The van der Waals surface area contributed by atoms with Gasteiger partial charge in [0.25, 0.3) is 0 Å². The third-order valence-corrected chi connectivity index (χ3v) is 3.38. The molecule has 0 saturated heterocycles. The van der Waals surface area contributed by atoms with E-state index in [-0.39, 0.29) is 5.69 Å². The molecule has 0 aliphatic carbocycles. The molecule has 0 aromatic heterocycles. The van der Waals surface area contributed by atoms with Gasteiger partial charge in [-0.3, -0.25) is 4.79 Å². The summed E-state index contributed by atoms with van der Waals surface area (Å²) >= 11 is 0. The number of benzene rings is 2. The zero-order valence-corrected chi connectivity index (χ0v) is 14.6. The van der Waals surface area contributed by atoms with Crippen molar-refractivity contribution in [2.24, 2.45) is 0 Å². The Kier molecular flexibility index (Phi) is 6.57. The molecule has 0 unspecified atom stereocenters. The van der Waals surface area contributed by atoms with Crippen LogP contribution in [-0.2, 0) is 4.79 Å². The number of aryl methyl sites for hydroxylation is 1. The number of halogens is 1. The summed E-state index contributed by atoms with van der Waals surface area (Å²) in [4.78, 5) is 12.0. The average Bonchev–Trinajstić information content (AvgIpc) is 2.58. The minimum atomic E-state index is -0.457. The van der Waals surface area contributed by atoms with Gasteiger partial charge in [0.05, 0.1) is 18.9 Å².